The smallest absolute Gasteiger partial charge is 0.258 e. The van der Waals surface area contributed by atoms with E-state index in [4.69, 9.17) is 5.73 Å². The number of carbonyl (C=O) groups excluding carboxylic acids is 1. The maximum Gasteiger partial charge on any atom is 0.258 e. The molecule has 0 bridgehead atoms. The first kappa shape index (κ1) is 18.9. The van der Waals surface area contributed by atoms with E-state index in [0.717, 1.165) is 21.0 Å². The Kier molecular flexibility index (Phi) is 5.11. The third-order valence-corrected chi connectivity index (χ3v) is 6.52. The quantitative estimate of drug-likeness (QED) is 0.738. The summed E-state index contributed by atoms with van der Waals surface area (Å²) in [6.07, 6.45) is 0. The van der Waals surface area contributed by atoms with Crippen molar-refractivity contribution in [1.82, 2.24) is 10.0 Å². The second-order valence-corrected chi connectivity index (χ2v) is 9.27. The summed E-state index contributed by atoms with van der Waals surface area (Å²) >= 11 is 0. The fourth-order valence-electron chi connectivity index (χ4n) is 2.91. The van der Waals surface area contributed by atoms with Crippen LogP contribution in [-0.4, -0.2) is 31.2 Å². The lowest BCUT2D eigenvalue weighted by molar-refractivity contribution is -0.118. The Hall–Kier alpha value is -1.40. The summed E-state index contributed by atoms with van der Waals surface area (Å²) in [5.74, 6) is -0.428. The molecule has 1 aromatic rings. The molecule has 0 saturated carbocycles. The number of amides is 1. The van der Waals surface area contributed by atoms with Gasteiger partial charge in [0.25, 0.3) is 5.91 Å². The summed E-state index contributed by atoms with van der Waals surface area (Å²) in [5.41, 5.74) is 9.91. The van der Waals surface area contributed by atoms with E-state index in [2.05, 4.69) is 13.8 Å². The van der Waals surface area contributed by atoms with Gasteiger partial charge in [-0.05, 0) is 34.4 Å². The molecule has 6 heteroatoms. The van der Waals surface area contributed by atoms with Crippen molar-refractivity contribution in [2.45, 2.75) is 70.2 Å². The van der Waals surface area contributed by atoms with E-state index in [0.29, 0.717) is 10.8 Å². The first-order valence-corrected chi connectivity index (χ1v) is 9.87. The molecular formula is C18H27N2O3S. The van der Waals surface area contributed by atoms with Gasteiger partial charge in [-0.3, -0.25) is 10.5 Å². The van der Waals surface area contributed by atoms with E-state index >= 15 is 0 Å². The SMILES string of the molecule is CC(C)c1cc(C(C)C)c(S(=O)(=O)N2CC2C([NH])=O)c(C(C)C)c1. The van der Waals surface area contributed by atoms with Gasteiger partial charge in [0.05, 0.1) is 4.90 Å². The van der Waals surface area contributed by atoms with Crippen LogP contribution < -0.4 is 5.73 Å². The van der Waals surface area contributed by atoms with Gasteiger partial charge in [-0.1, -0.05) is 53.7 Å². The van der Waals surface area contributed by atoms with Gasteiger partial charge in [0.2, 0.25) is 10.0 Å². The van der Waals surface area contributed by atoms with Gasteiger partial charge >= 0.3 is 0 Å². The number of benzene rings is 1. The Bertz CT molecular complexity index is 723. The monoisotopic (exact) mass is 351 g/mol. The molecule has 0 aromatic heterocycles. The predicted octanol–water partition coefficient (Wildman–Crippen LogP) is 3.24. The summed E-state index contributed by atoms with van der Waals surface area (Å²) in [5, 5.41) is 0. The van der Waals surface area contributed by atoms with Crippen LogP contribution in [0.5, 0.6) is 0 Å². The van der Waals surface area contributed by atoms with Crippen molar-refractivity contribution < 1.29 is 13.2 Å². The lowest BCUT2D eigenvalue weighted by Crippen LogP contribution is -2.23. The van der Waals surface area contributed by atoms with E-state index in [1.54, 1.807) is 0 Å². The largest absolute Gasteiger partial charge is 0.271 e. The molecule has 1 aromatic carbocycles. The first-order chi connectivity index (χ1) is 11.0. The fraction of sp³-hybridized carbons (Fsp3) is 0.611. The Labute approximate surface area is 145 Å². The molecule has 2 unspecified atom stereocenters. The van der Waals surface area contributed by atoms with Gasteiger partial charge < -0.3 is 0 Å². The fourth-order valence-corrected chi connectivity index (χ4v) is 5.10. The van der Waals surface area contributed by atoms with Gasteiger partial charge in [0.15, 0.2) is 0 Å². The van der Waals surface area contributed by atoms with Crippen molar-refractivity contribution in [3.05, 3.63) is 28.8 Å². The molecule has 2 rings (SSSR count). The molecule has 5 nitrogen and oxygen atoms in total. The summed E-state index contributed by atoms with van der Waals surface area (Å²) in [6, 6.07) is 3.14. The number of nitrogens with zero attached hydrogens (tertiary/aromatic N) is 1. The first-order valence-electron chi connectivity index (χ1n) is 8.43. The zero-order valence-electron chi connectivity index (χ0n) is 15.3. The third-order valence-electron chi connectivity index (χ3n) is 4.52. The maximum atomic E-state index is 13.1. The van der Waals surface area contributed by atoms with E-state index in [-0.39, 0.29) is 18.4 Å². The molecule has 24 heavy (non-hydrogen) atoms. The Morgan fingerprint density at radius 2 is 1.50 bits per heavy atom. The number of hydrogen-bond donors (Lipinski definition) is 0. The molecule has 1 heterocycles. The Morgan fingerprint density at radius 3 is 1.79 bits per heavy atom. The highest BCUT2D eigenvalue weighted by atomic mass is 32.2. The predicted molar refractivity (Wildman–Crippen MR) is 94.5 cm³/mol. The van der Waals surface area contributed by atoms with E-state index in [1.807, 2.05) is 39.8 Å². The maximum absolute atomic E-state index is 13.1. The highest BCUT2D eigenvalue weighted by Crippen LogP contribution is 2.39. The molecule has 1 amide bonds. The van der Waals surface area contributed by atoms with Crippen molar-refractivity contribution in [2.24, 2.45) is 0 Å². The second-order valence-electron chi connectivity index (χ2n) is 7.45. The minimum Gasteiger partial charge on any atom is -0.271 e. The number of hydrogen-bond acceptors (Lipinski definition) is 3. The Morgan fingerprint density at radius 1 is 1.04 bits per heavy atom. The van der Waals surface area contributed by atoms with Crippen LogP contribution in [-0.2, 0) is 14.8 Å². The lowest BCUT2D eigenvalue weighted by atomic mass is 9.89. The van der Waals surface area contributed by atoms with Crippen molar-refractivity contribution >= 4 is 15.9 Å². The van der Waals surface area contributed by atoms with Gasteiger partial charge in [-0.2, -0.15) is 4.31 Å². The topological polar surface area (TPSA) is 78.0 Å². The van der Waals surface area contributed by atoms with Crippen LogP contribution in [0.3, 0.4) is 0 Å². The molecule has 0 spiro atoms. The molecule has 2 atom stereocenters. The summed E-state index contributed by atoms with van der Waals surface area (Å²) in [7, 11) is -3.76. The average molecular weight is 351 g/mol. The Balaban J connectivity index is 2.70. The molecule has 1 fully saturated rings. The molecule has 0 aliphatic carbocycles. The number of sulfonamides is 1. The number of nitrogens with one attached hydrogen (secondary N) is 1. The molecule has 1 radical (unpaired) electrons. The van der Waals surface area contributed by atoms with Crippen LogP contribution in [0.4, 0.5) is 0 Å². The summed E-state index contributed by atoms with van der Waals surface area (Å²) in [4.78, 5) is 11.6. The highest BCUT2D eigenvalue weighted by molar-refractivity contribution is 7.89. The highest BCUT2D eigenvalue weighted by Gasteiger charge is 2.50. The van der Waals surface area contributed by atoms with Crippen molar-refractivity contribution in [3.8, 4) is 0 Å². The number of rotatable bonds is 6. The normalized spacial score (nSPS) is 20.9. The van der Waals surface area contributed by atoms with Crippen LogP contribution in [0.1, 0.15) is 76.0 Å². The van der Waals surface area contributed by atoms with Crippen LogP contribution >= 0.6 is 0 Å². The van der Waals surface area contributed by atoms with Crippen molar-refractivity contribution in [2.75, 3.05) is 6.54 Å². The molecule has 1 N–H and O–H groups in total. The van der Waals surface area contributed by atoms with Crippen LogP contribution in [0.2, 0.25) is 0 Å². The van der Waals surface area contributed by atoms with Crippen LogP contribution in [0.15, 0.2) is 17.0 Å². The van der Waals surface area contributed by atoms with E-state index in [1.165, 1.54) is 0 Å². The van der Waals surface area contributed by atoms with Gasteiger partial charge in [-0.25, -0.2) is 8.42 Å². The van der Waals surface area contributed by atoms with Crippen LogP contribution in [0, 0.1) is 0 Å². The lowest BCUT2D eigenvalue weighted by Gasteiger charge is -2.23. The molecule has 133 valence electrons. The van der Waals surface area contributed by atoms with Crippen LogP contribution in [0.25, 0.3) is 0 Å². The van der Waals surface area contributed by atoms with Crippen molar-refractivity contribution in [3.63, 3.8) is 0 Å². The third kappa shape index (κ3) is 3.35. The van der Waals surface area contributed by atoms with E-state index in [9.17, 15) is 13.2 Å². The average Bonchev–Trinajstić information content (AvgIpc) is 3.26. The molecular weight excluding hydrogens is 324 g/mol. The van der Waals surface area contributed by atoms with Gasteiger partial charge in [-0.15, -0.1) is 0 Å². The van der Waals surface area contributed by atoms with Gasteiger partial charge in [0.1, 0.15) is 6.04 Å². The molecule has 1 aliphatic heterocycles. The standard InChI is InChI=1S/C18H27N2O3S/c1-10(2)13-7-14(11(3)4)17(15(8-13)12(5)6)24(22,23)20-9-16(20)18(19)21/h7-8,10-12,16,19H,9H2,1-6H3. The zero-order valence-corrected chi connectivity index (χ0v) is 16.1. The van der Waals surface area contributed by atoms with Gasteiger partial charge in [0, 0.05) is 6.54 Å². The minimum atomic E-state index is -3.76. The minimum absolute atomic E-state index is 0.0519. The molecule has 1 aliphatic rings. The zero-order chi connectivity index (χ0) is 18.4. The second kappa shape index (κ2) is 6.48. The summed E-state index contributed by atoms with van der Waals surface area (Å²) in [6.45, 7) is 12.2. The van der Waals surface area contributed by atoms with E-state index < -0.39 is 22.0 Å². The van der Waals surface area contributed by atoms with Crippen molar-refractivity contribution in [1.29, 1.82) is 0 Å². The number of carbonyl (C=O) groups is 1. The summed E-state index contributed by atoms with van der Waals surface area (Å²) < 4.78 is 27.4. The molecule has 1 saturated heterocycles.